The number of hydrogen-bond donors (Lipinski definition) is 2. The monoisotopic (exact) mass is 201 g/mol. The second kappa shape index (κ2) is 2.50. The molecule has 0 aliphatic rings. The van der Waals surface area contributed by atoms with Gasteiger partial charge >= 0.3 is 0 Å². The zero-order valence-electron chi connectivity index (χ0n) is 5.56. The maximum absolute atomic E-state index is 9.15. The molecule has 54 valence electrons. The molecule has 1 aromatic carbocycles. The van der Waals surface area contributed by atoms with Gasteiger partial charge in [0.15, 0.2) is 0 Å². The third-order valence-corrected chi connectivity index (χ3v) is 2.29. The Bertz CT molecular complexity index is 237. The molecule has 0 heterocycles. The molecule has 0 saturated heterocycles. The van der Waals surface area contributed by atoms with E-state index < -0.39 is 0 Å². The highest BCUT2D eigenvalue weighted by Crippen LogP contribution is 2.29. The van der Waals surface area contributed by atoms with Crippen LogP contribution in [-0.4, -0.2) is 5.11 Å². The standard InChI is InChI=1S/C7H8BrNO/c1-4-2-5(9)3-6(10)7(4)8/h2-3,10H,9H2,1H3. The molecule has 3 heteroatoms. The van der Waals surface area contributed by atoms with Gasteiger partial charge in [0.2, 0.25) is 0 Å². The molecular weight excluding hydrogens is 194 g/mol. The second-order valence-electron chi connectivity index (χ2n) is 2.17. The number of aromatic hydroxyl groups is 1. The molecule has 1 rings (SSSR count). The quantitative estimate of drug-likeness (QED) is 0.632. The van der Waals surface area contributed by atoms with Crippen LogP contribution < -0.4 is 5.73 Å². The predicted octanol–water partition coefficient (Wildman–Crippen LogP) is 2.05. The number of phenolic OH excluding ortho intramolecular Hbond substituents is 1. The Balaban J connectivity index is 3.31. The van der Waals surface area contributed by atoms with Crippen molar-refractivity contribution < 1.29 is 5.11 Å². The van der Waals surface area contributed by atoms with Crippen LogP contribution in [0.4, 0.5) is 5.69 Å². The van der Waals surface area contributed by atoms with E-state index in [9.17, 15) is 0 Å². The topological polar surface area (TPSA) is 46.2 Å². The van der Waals surface area contributed by atoms with E-state index in [0.29, 0.717) is 10.2 Å². The minimum absolute atomic E-state index is 0.192. The fraction of sp³-hybridized carbons (Fsp3) is 0.143. The van der Waals surface area contributed by atoms with Gasteiger partial charge in [-0.1, -0.05) is 0 Å². The van der Waals surface area contributed by atoms with Gasteiger partial charge in [-0.3, -0.25) is 0 Å². The lowest BCUT2D eigenvalue weighted by atomic mass is 10.2. The summed E-state index contributed by atoms with van der Waals surface area (Å²) in [7, 11) is 0. The molecule has 1 aromatic rings. The lowest BCUT2D eigenvalue weighted by Crippen LogP contribution is -1.86. The van der Waals surface area contributed by atoms with Crippen LogP contribution in [0.25, 0.3) is 0 Å². The summed E-state index contributed by atoms with van der Waals surface area (Å²) in [6, 6.07) is 3.31. The first-order chi connectivity index (χ1) is 4.61. The van der Waals surface area contributed by atoms with Crippen molar-refractivity contribution in [3.63, 3.8) is 0 Å². The SMILES string of the molecule is Cc1cc(N)cc(O)c1Br. The van der Waals surface area contributed by atoms with Gasteiger partial charge in [0.25, 0.3) is 0 Å². The number of anilines is 1. The van der Waals surface area contributed by atoms with Crippen molar-refractivity contribution in [2.24, 2.45) is 0 Å². The van der Waals surface area contributed by atoms with E-state index in [1.807, 2.05) is 6.92 Å². The van der Waals surface area contributed by atoms with Crippen molar-refractivity contribution in [2.75, 3.05) is 5.73 Å². The van der Waals surface area contributed by atoms with Crippen LogP contribution in [0.3, 0.4) is 0 Å². The number of rotatable bonds is 0. The number of benzene rings is 1. The molecule has 3 N–H and O–H groups in total. The van der Waals surface area contributed by atoms with E-state index >= 15 is 0 Å². The van der Waals surface area contributed by atoms with E-state index in [1.54, 1.807) is 6.07 Å². The van der Waals surface area contributed by atoms with Gasteiger partial charge in [-0.05, 0) is 34.5 Å². The molecule has 0 atom stereocenters. The number of aryl methyl sites for hydroxylation is 1. The van der Waals surface area contributed by atoms with Gasteiger partial charge in [0.1, 0.15) is 5.75 Å². The van der Waals surface area contributed by atoms with E-state index in [-0.39, 0.29) is 5.75 Å². The molecule has 0 aliphatic carbocycles. The van der Waals surface area contributed by atoms with Crippen molar-refractivity contribution in [3.8, 4) is 5.75 Å². The lowest BCUT2D eigenvalue weighted by molar-refractivity contribution is 0.472. The van der Waals surface area contributed by atoms with Crippen molar-refractivity contribution in [1.82, 2.24) is 0 Å². The first-order valence-corrected chi connectivity index (χ1v) is 3.65. The van der Waals surface area contributed by atoms with Gasteiger partial charge in [-0.25, -0.2) is 0 Å². The van der Waals surface area contributed by atoms with Gasteiger partial charge in [-0.2, -0.15) is 0 Å². The summed E-state index contributed by atoms with van der Waals surface area (Å²) in [5, 5.41) is 9.15. The molecule has 0 bridgehead atoms. The zero-order chi connectivity index (χ0) is 7.72. The Morgan fingerprint density at radius 1 is 1.50 bits per heavy atom. The highest BCUT2D eigenvalue weighted by molar-refractivity contribution is 9.10. The van der Waals surface area contributed by atoms with Crippen molar-refractivity contribution in [3.05, 3.63) is 22.2 Å². The summed E-state index contributed by atoms with van der Waals surface area (Å²) in [4.78, 5) is 0. The molecule has 0 aromatic heterocycles. The van der Waals surface area contributed by atoms with Crippen LogP contribution >= 0.6 is 15.9 Å². The Morgan fingerprint density at radius 2 is 2.10 bits per heavy atom. The minimum Gasteiger partial charge on any atom is -0.507 e. The van der Waals surface area contributed by atoms with E-state index in [2.05, 4.69) is 15.9 Å². The van der Waals surface area contributed by atoms with Crippen molar-refractivity contribution >= 4 is 21.6 Å². The third-order valence-electron chi connectivity index (χ3n) is 1.26. The molecule has 0 aliphatic heterocycles. The first-order valence-electron chi connectivity index (χ1n) is 2.86. The Morgan fingerprint density at radius 3 is 2.60 bits per heavy atom. The Labute approximate surface area is 67.8 Å². The first kappa shape index (κ1) is 7.41. The molecule has 0 fully saturated rings. The third kappa shape index (κ3) is 1.24. The number of phenols is 1. The molecule has 0 spiro atoms. The largest absolute Gasteiger partial charge is 0.507 e. The average molecular weight is 202 g/mol. The summed E-state index contributed by atoms with van der Waals surface area (Å²) in [6.45, 7) is 1.88. The van der Waals surface area contributed by atoms with Crippen LogP contribution in [0.15, 0.2) is 16.6 Å². The predicted molar refractivity (Wildman–Crippen MR) is 45.0 cm³/mol. The Hall–Kier alpha value is -0.700. The van der Waals surface area contributed by atoms with Gasteiger partial charge in [0, 0.05) is 11.8 Å². The summed E-state index contributed by atoms with van der Waals surface area (Å²) in [5.41, 5.74) is 6.97. The second-order valence-corrected chi connectivity index (χ2v) is 2.96. The molecule has 2 nitrogen and oxygen atoms in total. The molecule has 10 heavy (non-hydrogen) atoms. The molecule has 0 unspecified atom stereocenters. The fourth-order valence-corrected chi connectivity index (χ4v) is 1.01. The fourth-order valence-electron chi connectivity index (χ4n) is 0.778. The molecule has 0 radical (unpaired) electrons. The van der Waals surface area contributed by atoms with Crippen molar-refractivity contribution in [2.45, 2.75) is 6.92 Å². The molecule has 0 saturated carbocycles. The number of nitrogens with two attached hydrogens (primary N) is 1. The number of halogens is 1. The lowest BCUT2D eigenvalue weighted by Gasteiger charge is -2.01. The summed E-state index contributed by atoms with van der Waals surface area (Å²) >= 11 is 3.21. The number of hydrogen-bond acceptors (Lipinski definition) is 2. The van der Waals surface area contributed by atoms with E-state index in [1.165, 1.54) is 6.07 Å². The van der Waals surface area contributed by atoms with Crippen LogP contribution in [0.2, 0.25) is 0 Å². The summed E-state index contributed by atoms with van der Waals surface area (Å²) in [6.07, 6.45) is 0. The number of nitrogen functional groups attached to an aromatic ring is 1. The molecular formula is C7H8BrNO. The van der Waals surface area contributed by atoms with E-state index in [0.717, 1.165) is 5.56 Å². The summed E-state index contributed by atoms with van der Waals surface area (Å²) < 4.78 is 0.710. The summed E-state index contributed by atoms with van der Waals surface area (Å²) in [5.74, 6) is 0.192. The van der Waals surface area contributed by atoms with Gasteiger partial charge in [-0.15, -0.1) is 0 Å². The zero-order valence-corrected chi connectivity index (χ0v) is 7.14. The van der Waals surface area contributed by atoms with Crippen LogP contribution in [-0.2, 0) is 0 Å². The van der Waals surface area contributed by atoms with Crippen LogP contribution in [0.5, 0.6) is 5.75 Å². The van der Waals surface area contributed by atoms with Gasteiger partial charge in [0.05, 0.1) is 4.47 Å². The van der Waals surface area contributed by atoms with Crippen molar-refractivity contribution in [1.29, 1.82) is 0 Å². The average Bonchev–Trinajstić information content (AvgIpc) is 1.82. The van der Waals surface area contributed by atoms with Crippen LogP contribution in [0.1, 0.15) is 5.56 Å². The maximum atomic E-state index is 9.15. The van der Waals surface area contributed by atoms with E-state index in [4.69, 9.17) is 10.8 Å². The smallest absolute Gasteiger partial charge is 0.132 e. The maximum Gasteiger partial charge on any atom is 0.132 e. The normalized spacial score (nSPS) is 9.80. The highest BCUT2D eigenvalue weighted by atomic mass is 79.9. The minimum atomic E-state index is 0.192. The van der Waals surface area contributed by atoms with Gasteiger partial charge < -0.3 is 10.8 Å². The van der Waals surface area contributed by atoms with Crippen LogP contribution in [0, 0.1) is 6.92 Å². The molecule has 0 amide bonds. The Kier molecular flexibility index (Phi) is 1.85. The highest BCUT2D eigenvalue weighted by Gasteiger charge is 2.00.